The van der Waals surface area contributed by atoms with Gasteiger partial charge in [-0.05, 0) is 44.9 Å². The molecule has 0 fully saturated rings. The number of nitrogens with zero attached hydrogens (tertiary/aromatic N) is 2. The third kappa shape index (κ3) is 7.90. The first-order valence-corrected chi connectivity index (χ1v) is 9.67. The summed E-state index contributed by atoms with van der Waals surface area (Å²) in [5, 5.41) is 9.83. The van der Waals surface area contributed by atoms with Crippen LogP contribution >= 0.6 is 35.3 Å². The summed E-state index contributed by atoms with van der Waals surface area (Å²) in [5.41, 5.74) is 2.21. The normalized spacial score (nSPS) is 12.2. The van der Waals surface area contributed by atoms with Gasteiger partial charge in [-0.2, -0.15) is 0 Å². The minimum Gasteiger partial charge on any atom is -0.489 e. The van der Waals surface area contributed by atoms with E-state index in [1.807, 2.05) is 25.1 Å². The Morgan fingerprint density at radius 3 is 2.77 bits per heavy atom. The maximum Gasteiger partial charge on any atom is 0.191 e. The van der Waals surface area contributed by atoms with Gasteiger partial charge in [-0.1, -0.05) is 19.1 Å². The maximum absolute atomic E-state index is 5.95. The van der Waals surface area contributed by atoms with Gasteiger partial charge in [0, 0.05) is 11.9 Å². The Morgan fingerprint density at radius 1 is 1.31 bits per heavy atom. The van der Waals surface area contributed by atoms with Gasteiger partial charge in [0.05, 0.1) is 23.8 Å². The Morgan fingerprint density at radius 2 is 2.12 bits per heavy atom. The van der Waals surface area contributed by atoms with Crippen LogP contribution in [-0.4, -0.2) is 30.1 Å². The fraction of sp³-hybridized carbons (Fsp3) is 0.474. The molecule has 1 unspecified atom stereocenters. The Balaban J connectivity index is 0.00000338. The Hall–Kier alpha value is -1.35. The zero-order valence-electron chi connectivity index (χ0n) is 15.9. The molecule has 0 aliphatic heterocycles. The van der Waals surface area contributed by atoms with Crippen LogP contribution in [0.4, 0.5) is 0 Å². The lowest BCUT2D eigenvalue weighted by Gasteiger charge is -2.18. The average Bonchev–Trinajstić information content (AvgIpc) is 3.05. The highest BCUT2D eigenvalue weighted by molar-refractivity contribution is 14.0. The third-order valence-corrected chi connectivity index (χ3v) is 4.57. The number of ether oxygens (including phenoxy) is 1. The van der Waals surface area contributed by atoms with Crippen LogP contribution in [0.25, 0.3) is 0 Å². The van der Waals surface area contributed by atoms with E-state index in [0.29, 0.717) is 13.1 Å². The van der Waals surface area contributed by atoms with Crippen molar-refractivity contribution < 1.29 is 4.74 Å². The molecule has 7 heteroatoms. The molecule has 2 rings (SSSR count). The molecule has 1 heterocycles. The van der Waals surface area contributed by atoms with E-state index >= 15 is 0 Å². The fourth-order valence-electron chi connectivity index (χ4n) is 2.29. The minimum atomic E-state index is 0. The molecule has 2 N–H and O–H groups in total. The first-order valence-electron chi connectivity index (χ1n) is 8.79. The number of rotatable bonds is 8. The van der Waals surface area contributed by atoms with Crippen LogP contribution in [0.3, 0.4) is 0 Å². The summed E-state index contributed by atoms with van der Waals surface area (Å²) in [6, 6.07) is 8.10. The van der Waals surface area contributed by atoms with Crippen LogP contribution < -0.4 is 15.4 Å². The first kappa shape index (κ1) is 22.7. The second kappa shape index (κ2) is 12.1. The zero-order valence-corrected chi connectivity index (χ0v) is 19.1. The number of nitrogens with one attached hydrogen (secondary N) is 2. The van der Waals surface area contributed by atoms with Crippen LogP contribution in [0.5, 0.6) is 5.75 Å². The van der Waals surface area contributed by atoms with Crippen molar-refractivity contribution in [3.63, 3.8) is 0 Å². The van der Waals surface area contributed by atoms with Crippen LogP contribution in [0.2, 0.25) is 0 Å². The summed E-state index contributed by atoms with van der Waals surface area (Å²) in [6.45, 7) is 10.4. The summed E-state index contributed by atoms with van der Waals surface area (Å²) in [4.78, 5) is 9.16. The lowest BCUT2D eigenvalue weighted by Crippen LogP contribution is -2.41. The predicted molar refractivity (Wildman–Crippen MR) is 121 cm³/mol. The van der Waals surface area contributed by atoms with Gasteiger partial charge in [-0.3, -0.25) is 0 Å². The predicted octanol–water partition coefficient (Wildman–Crippen LogP) is 4.15. The number of hydrogen-bond donors (Lipinski definition) is 2. The minimum absolute atomic E-state index is 0. The van der Waals surface area contributed by atoms with Crippen molar-refractivity contribution in [2.24, 2.45) is 4.99 Å². The highest BCUT2D eigenvalue weighted by atomic mass is 127. The van der Waals surface area contributed by atoms with E-state index in [2.05, 4.69) is 52.8 Å². The van der Waals surface area contributed by atoms with Gasteiger partial charge in [0.2, 0.25) is 0 Å². The Labute approximate surface area is 177 Å². The molecule has 0 amide bonds. The summed E-state index contributed by atoms with van der Waals surface area (Å²) >= 11 is 1.69. The SMILES string of the molecule is CCNC(=NCc1csc(CC)n1)NCC(C)Oc1cccc(C)c1.I. The molecule has 26 heavy (non-hydrogen) atoms. The first-order chi connectivity index (χ1) is 12.1. The Bertz CT molecular complexity index is 690. The molecular formula is C19H29IN4OS. The highest BCUT2D eigenvalue weighted by Gasteiger charge is 2.06. The number of benzene rings is 1. The molecule has 0 spiro atoms. The standard InChI is InChI=1S/C19H28N4OS.HI/c1-5-18-23-16(13-25-18)12-22-19(20-6-2)21-11-15(4)24-17-9-7-8-14(3)10-17;/h7-10,13,15H,5-6,11-12H2,1-4H3,(H2,20,21,22);1H. The van der Waals surface area contributed by atoms with E-state index in [1.165, 1.54) is 5.56 Å². The van der Waals surface area contributed by atoms with Crippen molar-refractivity contribution in [1.82, 2.24) is 15.6 Å². The molecule has 0 aliphatic rings. The maximum atomic E-state index is 5.95. The van der Waals surface area contributed by atoms with E-state index in [0.717, 1.165) is 35.4 Å². The summed E-state index contributed by atoms with van der Waals surface area (Å²) in [5.74, 6) is 1.68. The number of aliphatic imine (C=N–C) groups is 1. The van der Waals surface area contributed by atoms with Gasteiger partial charge in [-0.25, -0.2) is 9.98 Å². The number of hydrogen-bond acceptors (Lipinski definition) is 4. The van der Waals surface area contributed by atoms with Gasteiger partial charge >= 0.3 is 0 Å². The molecule has 2 aromatic rings. The number of aromatic nitrogens is 1. The van der Waals surface area contributed by atoms with Gasteiger partial charge in [0.15, 0.2) is 5.96 Å². The molecule has 0 saturated heterocycles. The smallest absolute Gasteiger partial charge is 0.191 e. The van der Waals surface area contributed by atoms with E-state index in [-0.39, 0.29) is 30.1 Å². The van der Waals surface area contributed by atoms with E-state index in [9.17, 15) is 0 Å². The zero-order chi connectivity index (χ0) is 18.1. The van der Waals surface area contributed by atoms with Gasteiger partial charge in [-0.15, -0.1) is 35.3 Å². The lowest BCUT2D eigenvalue weighted by molar-refractivity contribution is 0.223. The molecule has 0 aliphatic carbocycles. The van der Waals surface area contributed by atoms with Gasteiger partial charge < -0.3 is 15.4 Å². The molecular weight excluding hydrogens is 459 g/mol. The molecule has 1 atom stereocenters. The Kier molecular flexibility index (Phi) is 10.6. The molecule has 0 bridgehead atoms. The highest BCUT2D eigenvalue weighted by Crippen LogP contribution is 2.14. The molecule has 1 aromatic carbocycles. The second-order valence-corrected chi connectivity index (χ2v) is 6.85. The average molecular weight is 488 g/mol. The van der Waals surface area contributed by atoms with Crippen LogP contribution in [0, 0.1) is 6.92 Å². The van der Waals surface area contributed by atoms with Crippen molar-refractivity contribution in [2.45, 2.75) is 46.8 Å². The van der Waals surface area contributed by atoms with Crippen LogP contribution in [0.15, 0.2) is 34.6 Å². The molecule has 144 valence electrons. The van der Waals surface area contributed by atoms with E-state index in [4.69, 9.17) is 4.74 Å². The fourth-order valence-corrected chi connectivity index (χ4v) is 3.02. The van der Waals surface area contributed by atoms with Crippen LogP contribution in [-0.2, 0) is 13.0 Å². The number of aryl methyl sites for hydroxylation is 2. The topological polar surface area (TPSA) is 58.5 Å². The molecule has 5 nitrogen and oxygen atoms in total. The molecule has 0 saturated carbocycles. The summed E-state index contributed by atoms with van der Waals surface area (Å²) in [7, 11) is 0. The summed E-state index contributed by atoms with van der Waals surface area (Å²) in [6.07, 6.45) is 1.01. The van der Waals surface area contributed by atoms with Crippen LogP contribution in [0.1, 0.15) is 37.0 Å². The van der Waals surface area contributed by atoms with Gasteiger partial charge in [0.25, 0.3) is 0 Å². The van der Waals surface area contributed by atoms with Gasteiger partial charge in [0.1, 0.15) is 11.9 Å². The number of halogens is 1. The van der Waals surface area contributed by atoms with Crippen molar-refractivity contribution in [1.29, 1.82) is 0 Å². The van der Waals surface area contributed by atoms with E-state index in [1.54, 1.807) is 11.3 Å². The largest absolute Gasteiger partial charge is 0.489 e. The monoisotopic (exact) mass is 488 g/mol. The summed E-state index contributed by atoms with van der Waals surface area (Å²) < 4.78 is 5.95. The lowest BCUT2D eigenvalue weighted by atomic mass is 10.2. The second-order valence-electron chi connectivity index (χ2n) is 5.91. The van der Waals surface area contributed by atoms with E-state index < -0.39 is 0 Å². The third-order valence-electron chi connectivity index (χ3n) is 3.53. The van der Waals surface area contributed by atoms with Crippen molar-refractivity contribution in [2.75, 3.05) is 13.1 Å². The number of guanidine groups is 1. The molecule has 1 aromatic heterocycles. The van der Waals surface area contributed by atoms with Crippen molar-refractivity contribution in [3.05, 3.63) is 45.9 Å². The molecule has 0 radical (unpaired) electrons. The number of thiazole rings is 1. The quantitative estimate of drug-likeness (QED) is 0.333. The van der Waals surface area contributed by atoms with Crippen molar-refractivity contribution in [3.8, 4) is 5.75 Å². The van der Waals surface area contributed by atoms with Crippen molar-refractivity contribution >= 4 is 41.3 Å².